The number of hydrogen-bond donors (Lipinski definition) is 2. The molecule has 0 aliphatic heterocycles. The highest BCUT2D eigenvalue weighted by molar-refractivity contribution is 6.05. The van der Waals surface area contributed by atoms with Crippen LogP contribution in [0, 0.1) is 6.92 Å². The molecule has 4 heteroatoms. The molecular formula is C19H25N3O. The van der Waals surface area contributed by atoms with Crippen LogP contribution in [-0.4, -0.2) is 19.5 Å². The first-order valence-corrected chi connectivity index (χ1v) is 8.00. The highest BCUT2D eigenvalue weighted by Crippen LogP contribution is 2.20. The van der Waals surface area contributed by atoms with Crippen LogP contribution in [0.1, 0.15) is 35.7 Å². The van der Waals surface area contributed by atoms with Crippen LogP contribution >= 0.6 is 0 Å². The van der Waals surface area contributed by atoms with E-state index in [9.17, 15) is 4.79 Å². The standard InChI is InChI=1S/C19H25N3O/c1-4-5-12-22(3)17-10-7-15(8-11-17)19(23)21-18-13-16(20)9-6-14(18)2/h6-11,13H,4-5,12,20H2,1-3H3,(H,21,23). The SMILES string of the molecule is CCCCN(C)c1ccc(C(=O)Nc2cc(N)ccc2C)cc1. The Labute approximate surface area is 138 Å². The number of nitrogens with two attached hydrogens (primary N) is 1. The van der Waals surface area contributed by atoms with Gasteiger partial charge in [0.05, 0.1) is 0 Å². The lowest BCUT2D eigenvalue weighted by Crippen LogP contribution is -2.18. The predicted molar refractivity (Wildman–Crippen MR) is 98.2 cm³/mol. The molecule has 2 aromatic carbocycles. The van der Waals surface area contributed by atoms with Crippen LogP contribution in [0.25, 0.3) is 0 Å². The lowest BCUT2D eigenvalue weighted by atomic mass is 10.1. The maximum Gasteiger partial charge on any atom is 0.255 e. The molecule has 0 aliphatic rings. The largest absolute Gasteiger partial charge is 0.399 e. The average molecular weight is 311 g/mol. The van der Waals surface area contributed by atoms with E-state index in [1.165, 1.54) is 6.42 Å². The molecule has 4 nitrogen and oxygen atoms in total. The molecule has 2 aromatic rings. The third-order valence-electron chi connectivity index (χ3n) is 3.93. The lowest BCUT2D eigenvalue weighted by molar-refractivity contribution is 0.102. The Hall–Kier alpha value is -2.49. The molecule has 0 aromatic heterocycles. The van der Waals surface area contributed by atoms with Crippen molar-refractivity contribution in [1.29, 1.82) is 0 Å². The molecule has 0 atom stereocenters. The zero-order chi connectivity index (χ0) is 16.8. The number of hydrogen-bond acceptors (Lipinski definition) is 3. The smallest absolute Gasteiger partial charge is 0.255 e. The van der Waals surface area contributed by atoms with Crippen LogP contribution < -0.4 is 16.0 Å². The van der Waals surface area contributed by atoms with E-state index in [1.807, 2.05) is 43.3 Å². The predicted octanol–water partition coefficient (Wildman–Crippen LogP) is 4.07. The number of nitrogen functional groups attached to an aromatic ring is 1. The molecule has 122 valence electrons. The van der Waals surface area contributed by atoms with E-state index in [0.29, 0.717) is 11.3 Å². The summed E-state index contributed by atoms with van der Waals surface area (Å²) in [6.07, 6.45) is 2.33. The zero-order valence-electron chi connectivity index (χ0n) is 14.1. The Kier molecular flexibility index (Phi) is 5.63. The normalized spacial score (nSPS) is 10.4. The Morgan fingerprint density at radius 3 is 2.52 bits per heavy atom. The molecule has 2 rings (SSSR count). The van der Waals surface area contributed by atoms with Gasteiger partial charge in [-0.2, -0.15) is 0 Å². The first-order chi connectivity index (χ1) is 11.0. The zero-order valence-corrected chi connectivity index (χ0v) is 14.1. The lowest BCUT2D eigenvalue weighted by Gasteiger charge is -2.19. The Balaban J connectivity index is 2.07. The monoisotopic (exact) mass is 311 g/mol. The number of benzene rings is 2. The van der Waals surface area contributed by atoms with Gasteiger partial charge in [0.2, 0.25) is 0 Å². The van der Waals surface area contributed by atoms with Crippen molar-refractivity contribution in [3.05, 3.63) is 53.6 Å². The van der Waals surface area contributed by atoms with E-state index in [1.54, 1.807) is 6.07 Å². The molecule has 0 aliphatic carbocycles. The van der Waals surface area contributed by atoms with E-state index in [-0.39, 0.29) is 5.91 Å². The molecule has 1 amide bonds. The molecule has 0 saturated heterocycles. The van der Waals surface area contributed by atoms with Gasteiger partial charge in [0, 0.05) is 36.2 Å². The average Bonchev–Trinajstić information content (AvgIpc) is 2.56. The van der Waals surface area contributed by atoms with Crippen LogP contribution in [-0.2, 0) is 0 Å². The second-order valence-electron chi connectivity index (χ2n) is 5.85. The highest BCUT2D eigenvalue weighted by Gasteiger charge is 2.09. The van der Waals surface area contributed by atoms with Gasteiger partial charge in [-0.1, -0.05) is 19.4 Å². The number of nitrogens with one attached hydrogen (secondary N) is 1. The molecule has 0 fully saturated rings. The first-order valence-electron chi connectivity index (χ1n) is 8.00. The van der Waals surface area contributed by atoms with Crippen LogP contribution in [0.15, 0.2) is 42.5 Å². The number of aryl methyl sites for hydroxylation is 1. The Morgan fingerprint density at radius 1 is 1.17 bits per heavy atom. The van der Waals surface area contributed by atoms with Crippen molar-refractivity contribution in [2.75, 3.05) is 29.5 Å². The van der Waals surface area contributed by atoms with Crippen molar-refractivity contribution in [3.63, 3.8) is 0 Å². The number of nitrogens with zero attached hydrogens (tertiary/aromatic N) is 1. The van der Waals surface area contributed by atoms with Gasteiger partial charge in [0.15, 0.2) is 0 Å². The maximum absolute atomic E-state index is 12.4. The quantitative estimate of drug-likeness (QED) is 0.791. The van der Waals surface area contributed by atoms with Gasteiger partial charge in [-0.05, 0) is 55.3 Å². The highest BCUT2D eigenvalue weighted by atomic mass is 16.1. The number of carbonyl (C=O) groups is 1. The van der Waals surface area contributed by atoms with Crippen molar-refractivity contribution < 1.29 is 4.79 Å². The summed E-state index contributed by atoms with van der Waals surface area (Å²) < 4.78 is 0. The summed E-state index contributed by atoms with van der Waals surface area (Å²) in [5, 5.41) is 2.92. The van der Waals surface area contributed by atoms with Gasteiger partial charge in [-0.25, -0.2) is 0 Å². The molecule has 23 heavy (non-hydrogen) atoms. The Bertz CT molecular complexity index is 665. The van der Waals surface area contributed by atoms with Crippen molar-refractivity contribution in [2.24, 2.45) is 0 Å². The number of amides is 1. The van der Waals surface area contributed by atoms with Crippen molar-refractivity contribution in [2.45, 2.75) is 26.7 Å². The summed E-state index contributed by atoms with van der Waals surface area (Å²) in [5.74, 6) is -0.124. The summed E-state index contributed by atoms with van der Waals surface area (Å²) >= 11 is 0. The van der Waals surface area contributed by atoms with Crippen LogP contribution in [0.3, 0.4) is 0 Å². The van der Waals surface area contributed by atoms with Crippen LogP contribution in [0.2, 0.25) is 0 Å². The molecular weight excluding hydrogens is 286 g/mol. The summed E-state index contributed by atoms with van der Waals surface area (Å²) in [5.41, 5.74) is 9.91. The molecule has 0 unspecified atom stereocenters. The molecule has 0 spiro atoms. The van der Waals surface area contributed by atoms with Gasteiger partial charge < -0.3 is 16.0 Å². The molecule has 0 bridgehead atoms. The fourth-order valence-corrected chi connectivity index (χ4v) is 2.36. The first kappa shape index (κ1) is 16.9. The third-order valence-corrected chi connectivity index (χ3v) is 3.93. The van der Waals surface area contributed by atoms with Gasteiger partial charge in [0.1, 0.15) is 0 Å². The van der Waals surface area contributed by atoms with Gasteiger partial charge >= 0.3 is 0 Å². The van der Waals surface area contributed by atoms with Crippen molar-refractivity contribution in [3.8, 4) is 0 Å². The number of carbonyl (C=O) groups excluding carboxylic acids is 1. The second-order valence-corrected chi connectivity index (χ2v) is 5.85. The molecule has 0 radical (unpaired) electrons. The van der Waals surface area contributed by atoms with Crippen molar-refractivity contribution in [1.82, 2.24) is 0 Å². The topological polar surface area (TPSA) is 58.4 Å². The minimum atomic E-state index is -0.124. The fourth-order valence-electron chi connectivity index (χ4n) is 2.36. The molecule has 3 N–H and O–H groups in total. The van der Waals surface area contributed by atoms with Gasteiger partial charge in [-0.15, -0.1) is 0 Å². The van der Waals surface area contributed by atoms with Gasteiger partial charge in [0.25, 0.3) is 5.91 Å². The number of anilines is 3. The number of rotatable bonds is 6. The summed E-state index contributed by atoms with van der Waals surface area (Å²) in [7, 11) is 2.07. The summed E-state index contributed by atoms with van der Waals surface area (Å²) in [6, 6.07) is 13.2. The minimum Gasteiger partial charge on any atom is -0.399 e. The summed E-state index contributed by atoms with van der Waals surface area (Å²) in [6.45, 7) is 5.14. The van der Waals surface area contributed by atoms with E-state index < -0.39 is 0 Å². The van der Waals surface area contributed by atoms with Gasteiger partial charge in [-0.3, -0.25) is 4.79 Å². The maximum atomic E-state index is 12.4. The minimum absolute atomic E-state index is 0.124. The fraction of sp³-hybridized carbons (Fsp3) is 0.316. The third kappa shape index (κ3) is 4.49. The van der Waals surface area contributed by atoms with E-state index >= 15 is 0 Å². The molecule has 0 heterocycles. The molecule has 0 saturated carbocycles. The van der Waals surface area contributed by atoms with Crippen LogP contribution in [0.5, 0.6) is 0 Å². The van der Waals surface area contributed by atoms with E-state index in [2.05, 4.69) is 24.2 Å². The second kappa shape index (κ2) is 7.68. The van der Waals surface area contributed by atoms with E-state index in [0.717, 1.165) is 29.9 Å². The van der Waals surface area contributed by atoms with Crippen LogP contribution in [0.4, 0.5) is 17.1 Å². The summed E-state index contributed by atoms with van der Waals surface area (Å²) in [4.78, 5) is 14.6. The number of unbranched alkanes of at least 4 members (excludes halogenated alkanes) is 1. The Morgan fingerprint density at radius 2 is 1.87 bits per heavy atom. The van der Waals surface area contributed by atoms with Crippen molar-refractivity contribution >= 4 is 23.0 Å². The van der Waals surface area contributed by atoms with E-state index in [4.69, 9.17) is 5.73 Å².